The molecule has 214 valence electrons. The highest BCUT2D eigenvalue weighted by Gasteiger charge is 2.19. The van der Waals surface area contributed by atoms with Gasteiger partial charge in [-0.25, -0.2) is 9.97 Å². The van der Waals surface area contributed by atoms with E-state index < -0.39 is 0 Å². The topological polar surface area (TPSA) is 38.9 Å². The molecule has 0 aliphatic heterocycles. The van der Waals surface area contributed by atoms with Crippen molar-refractivity contribution in [3.8, 4) is 33.8 Å². The van der Waals surface area contributed by atoms with E-state index in [0.717, 1.165) is 50.0 Å². The van der Waals surface area contributed by atoms with Crippen LogP contribution in [0.25, 0.3) is 81.6 Å². The molecule has 0 atom stereocenters. The Morgan fingerprint density at radius 3 is 2.33 bits per heavy atom. The third kappa shape index (κ3) is 4.67. The van der Waals surface area contributed by atoms with Gasteiger partial charge in [0, 0.05) is 36.7 Å². The van der Waals surface area contributed by atoms with E-state index in [1.165, 1.54) is 25.7 Å². The van der Waals surface area contributed by atoms with Crippen molar-refractivity contribution in [1.82, 2.24) is 9.97 Å². The maximum Gasteiger partial charge on any atom is 0.180 e. The average molecular weight is 597 g/mol. The lowest BCUT2D eigenvalue weighted by Crippen LogP contribution is -1.94. The van der Waals surface area contributed by atoms with Gasteiger partial charge in [-0.15, -0.1) is 11.3 Å². The molecule has 0 bridgehead atoms. The van der Waals surface area contributed by atoms with Crippen LogP contribution in [0.2, 0.25) is 0 Å². The number of nitrogens with zero attached hydrogens (tertiary/aromatic N) is 2. The number of allylic oxidation sites excluding steroid dienone is 5. The van der Waals surface area contributed by atoms with Crippen LogP contribution in [0.1, 0.15) is 12.5 Å². The predicted octanol–water partition coefficient (Wildman–Crippen LogP) is 11.9. The number of para-hydroxylation sites is 1. The highest BCUT2D eigenvalue weighted by molar-refractivity contribution is 7.26. The molecule has 0 radical (unpaired) electrons. The third-order valence-electron chi connectivity index (χ3n) is 8.19. The van der Waals surface area contributed by atoms with Gasteiger partial charge >= 0.3 is 0 Å². The lowest BCUT2D eigenvalue weighted by Gasteiger charge is -2.10. The molecule has 4 heteroatoms. The van der Waals surface area contributed by atoms with Gasteiger partial charge in [0.25, 0.3) is 0 Å². The van der Waals surface area contributed by atoms with Gasteiger partial charge in [-0.3, -0.25) is 0 Å². The van der Waals surface area contributed by atoms with Gasteiger partial charge in [-0.1, -0.05) is 122 Å². The van der Waals surface area contributed by atoms with E-state index in [-0.39, 0.29) is 0 Å². The smallest absolute Gasteiger partial charge is 0.180 e. The van der Waals surface area contributed by atoms with Gasteiger partial charge in [0.2, 0.25) is 0 Å². The molecule has 0 aliphatic rings. The van der Waals surface area contributed by atoms with Crippen molar-refractivity contribution in [2.75, 3.05) is 0 Å². The summed E-state index contributed by atoms with van der Waals surface area (Å²) in [6.07, 6.45) is 7.94. The Labute approximate surface area is 265 Å². The Kier molecular flexibility index (Phi) is 6.70. The normalized spacial score (nSPS) is 12.2. The zero-order chi connectivity index (χ0) is 30.3. The quantitative estimate of drug-likeness (QED) is 0.179. The van der Waals surface area contributed by atoms with Crippen molar-refractivity contribution >= 4 is 59.2 Å². The summed E-state index contributed by atoms with van der Waals surface area (Å²) < 4.78 is 9.03. The Bertz CT molecular complexity index is 2460. The first-order valence-corrected chi connectivity index (χ1v) is 15.8. The Balaban J connectivity index is 1.31. The van der Waals surface area contributed by atoms with Crippen LogP contribution in [-0.4, -0.2) is 9.97 Å². The minimum atomic E-state index is 0.660. The van der Waals surface area contributed by atoms with Gasteiger partial charge in [-0.05, 0) is 53.5 Å². The second-order valence-electron chi connectivity index (χ2n) is 11.0. The number of thiophene rings is 1. The van der Waals surface area contributed by atoms with E-state index in [1.807, 2.05) is 54.7 Å². The van der Waals surface area contributed by atoms with Crippen LogP contribution in [0.15, 0.2) is 151 Å². The lowest BCUT2D eigenvalue weighted by molar-refractivity contribution is 0.667. The zero-order valence-corrected chi connectivity index (χ0v) is 25.5. The van der Waals surface area contributed by atoms with Gasteiger partial charge < -0.3 is 4.42 Å². The first-order valence-electron chi connectivity index (χ1n) is 15.0. The third-order valence-corrected chi connectivity index (χ3v) is 9.41. The number of aromatic nitrogens is 2. The molecule has 0 saturated heterocycles. The molecule has 0 unspecified atom stereocenters. The summed E-state index contributed by atoms with van der Waals surface area (Å²) in [5, 5.41) is 3.56. The molecule has 8 rings (SSSR count). The fraction of sp³-hybridized carbons (Fsp3) is 0.0244. The van der Waals surface area contributed by atoms with E-state index >= 15 is 0 Å². The van der Waals surface area contributed by atoms with E-state index in [9.17, 15) is 0 Å². The summed E-state index contributed by atoms with van der Waals surface area (Å²) in [6.45, 7) is 5.89. The molecule has 3 nitrogen and oxygen atoms in total. The van der Waals surface area contributed by atoms with E-state index in [0.29, 0.717) is 11.4 Å². The van der Waals surface area contributed by atoms with Gasteiger partial charge in [0.1, 0.15) is 16.8 Å². The molecule has 0 fully saturated rings. The second-order valence-corrected chi connectivity index (χ2v) is 12.0. The number of hydrogen-bond acceptors (Lipinski definition) is 4. The number of furan rings is 1. The molecule has 0 amide bonds. The predicted molar refractivity (Wildman–Crippen MR) is 191 cm³/mol. The summed E-state index contributed by atoms with van der Waals surface area (Å²) >= 11 is 1.84. The Morgan fingerprint density at radius 2 is 1.49 bits per heavy atom. The van der Waals surface area contributed by atoms with E-state index in [1.54, 1.807) is 0 Å². The lowest BCUT2D eigenvalue weighted by atomic mass is 9.99. The number of benzene rings is 5. The first kappa shape index (κ1) is 27.0. The molecule has 5 aromatic carbocycles. The van der Waals surface area contributed by atoms with Gasteiger partial charge in [0.05, 0.1) is 0 Å². The average Bonchev–Trinajstić information content (AvgIpc) is 3.66. The van der Waals surface area contributed by atoms with Gasteiger partial charge in [0.15, 0.2) is 11.4 Å². The van der Waals surface area contributed by atoms with Crippen LogP contribution in [0.3, 0.4) is 0 Å². The van der Waals surface area contributed by atoms with E-state index in [2.05, 4.69) is 110 Å². The van der Waals surface area contributed by atoms with Crippen molar-refractivity contribution in [3.63, 3.8) is 0 Å². The first-order chi connectivity index (χ1) is 22.2. The molecule has 0 N–H and O–H groups in total. The van der Waals surface area contributed by atoms with Crippen molar-refractivity contribution in [3.05, 3.63) is 152 Å². The van der Waals surface area contributed by atoms with Crippen LogP contribution >= 0.6 is 11.3 Å². The van der Waals surface area contributed by atoms with Crippen LogP contribution in [0.4, 0.5) is 0 Å². The minimum absolute atomic E-state index is 0.660. The van der Waals surface area contributed by atoms with E-state index in [4.69, 9.17) is 14.4 Å². The van der Waals surface area contributed by atoms with Crippen molar-refractivity contribution in [2.45, 2.75) is 6.92 Å². The molecule has 45 heavy (non-hydrogen) atoms. The van der Waals surface area contributed by atoms with Crippen molar-refractivity contribution in [1.29, 1.82) is 0 Å². The summed E-state index contributed by atoms with van der Waals surface area (Å²) in [7, 11) is 0. The van der Waals surface area contributed by atoms with Crippen LogP contribution in [0.5, 0.6) is 0 Å². The summed E-state index contributed by atoms with van der Waals surface area (Å²) in [6, 6.07) is 40.3. The van der Waals surface area contributed by atoms with Crippen molar-refractivity contribution < 1.29 is 4.42 Å². The highest BCUT2D eigenvalue weighted by atomic mass is 32.1. The number of rotatable bonds is 6. The van der Waals surface area contributed by atoms with Gasteiger partial charge in [-0.2, -0.15) is 0 Å². The number of fused-ring (bicyclic) bond motifs is 6. The maximum absolute atomic E-state index is 6.44. The molecular weight excluding hydrogens is 569 g/mol. The highest BCUT2D eigenvalue weighted by Crippen LogP contribution is 2.41. The SMILES string of the molecule is C=C/C=C(\C=C/C)c1ccc(-c2nc(-c3cccc(-c4cccc5c4sc4ccccc45)c3)c3oc4ccccc4c3n2)cc1. The summed E-state index contributed by atoms with van der Waals surface area (Å²) in [5.74, 6) is 0.660. The summed E-state index contributed by atoms with van der Waals surface area (Å²) in [4.78, 5) is 10.2. The minimum Gasteiger partial charge on any atom is -0.452 e. The zero-order valence-electron chi connectivity index (χ0n) is 24.7. The maximum atomic E-state index is 6.44. The molecule has 3 heterocycles. The van der Waals surface area contributed by atoms with Crippen LogP contribution < -0.4 is 0 Å². The Morgan fingerprint density at radius 1 is 0.733 bits per heavy atom. The summed E-state index contributed by atoms with van der Waals surface area (Å²) in [5.41, 5.74) is 9.57. The molecule has 0 spiro atoms. The van der Waals surface area contributed by atoms with Crippen LogP contribution in [-0.2, 0) is 0 Å². The van der Waals surface area contributed by atoms with Crippen molar-refractivity contribution in [2.24, 2.45) is 0 Å². The second kappa shape index (κ2) is 11.2. The van der Waals surface area contributed by atoms with Crippen LogP contribution in [0, 0.1) is 0 Å². The largest absolute Gasteiger partial charge is 0.452 e. The molecule has 3 aromatic heterocycles. The monoisotopic (exact) mass is 596 g/mol. The number of hydrogen-bond donors (Lipinski definition) is 0. The Hall–Kier alpha value is -5.58. The fourth-order valence-corrected chi connectivity index (χ4v) is 7.33. The fourth-order valence-electron chi connectivity index (χ4n) is 6.09. The molecule has 0 saturated carbocycles. The standard InChI is InChI=1S/C41H28N2OS/c1-3-11-26(12-4-2)27-21-23-28(24-22-27)41-42-37(39-38(43-41)34-16-5-7-19-35(34)44-39)30-14-9-13-29(25-30)31-17-10-18-33-32-15-6-8-20-36(32)45-40(31)33/h3-25H,1H2,2H3/b12-4-,26-11+. The molecule has 0 aliphatic carbocycles. The molecule has 8 aromatic rings. The molecular formula is C41H28N2OS.